The van der Waals surface area contributed by atoms with E-state index in [2.05, 4.69) is 4.98 Å². The molecule has 0 radical (unpaired) electrons. The molecule has 2 rings (SSSR count). The van der Waals surface area contributed by atoms with E-state index in [-0.39, 0.29) is 6.61 Å². The maximum absolute atomic E-state index is 8.91. The minimum absolute atomic E-state index is 0.0774. The second kappa shape index (κ2) is 4.57. The Morgan fingerprint density at radius 1 is 1.00 bits per heavy atom. The van der Waals surface area contributed by atoms with Crippen LogP contribution in [-0.4, -0.2) is 10.1 Å². The smallest absolute Gasteiger partial charge is 0.219 e. The van der Waals surface area contributed by atoms with E-state index in [1.54, 1.807) is 18.2 Å². The highest BCUT2D eigenvalue weighted by Gasteiger charge is 1.98. The first kappa shape index (κ1) is 9.68. The van der Waals surface area contributed by atoms with E-state index in [1.165, 1.54) is 0 Å². The average Bonchev–Trinajstić information content (AvgIpc) is 2.31. The summed E-state index contributed by atoms with van der Waals surface area (Å²) in [7, 11) is 0. The van der Waals surface area contributed by atoms with Crippen LogP contribution in [0.1, 0.15) is 5.69 Å². The van der Waals surface area contributed by atoms with Gasteiger partial charge in [-0.25, -0.2) is 4.98 Å². The van der Waals surface area contributed by atoms with Gasteiger partial charge in [0, 0.05) is 6.07 Å². The molecule has 0 aliphatic carbocycles. The van der Waals surface area contributed by atoms with Crippen LogP contribution in [0.2, 0.25) is 0 Å². The summed E-state index contributed by atoms with van der Waals surface area (Å²) < 4.78 is 5.50. The van der Waals surface area contributed by atoms with E-state index in [9.17, 15) is 0 Å². The molecule has 2 aromatic rings. The molecule has 0 amide bonds. The Hall–Kier alpha value is -1.87. The number of hydrogen-bond acceptors (Lipinski definition) is 3. The number of benzene rings is 1. The summed E-state index contributed by atoms with van der Waals surface area (Å²) in [5, 5.41) is 8.91. The molecule has 3 heteroatoms. The minimum atomic E-state index is -0.0774. The molecule has 76 valence electrons. The van der Waals surface area contributed by atoms with Crippen LogP contribution in [0.4, 0.5) is 0 Å². The summed E-state index contributed by atoms with van der Waals surface area (Å²) >= 11 is 0. The quantitative estimate of drug-likeness (QED) is 0.828. The standard InChI is InChI=1S/C12H11NO2/c14-9-10-5-4-8-12(13-10)15-11-6-2-1-3-7-11/h1-8,14H,9H2. The summed E-state index contributed by atoms with van der Waals surface area (Å²) in [5.41, 5.74) is 0.600. The highest BCUT2D eigenvalue weighted by atomic mass is 16.5. The van der Waals surface area contributed by atoms with Crippen molar-refractivity contribution in [2.75, 3.05) is 0 Å². The molecule has 0 unspecified atom stereocenters. The first-order valence-electron chi connectivity index (χ1n) is 4.68. The maximum atomic E-state index is 8.91. The Bertz CT molecular complexity index is 429. The first-order valence-corrected chi connectivity index (χ1v) is 4.68. The van der Waals surface area contributed by atoms with Gasteiger partial charge in [-0.15, -0.1) is 0 Å². The van der Waals surface area contributed by atoms with Gasteiger partial charge in [-0.05, 0) is 18.2 Å². The zero-order valence-electron chi connectivity index (χ0n) is 8.13. The molecule has 0 aliphatic rings. The highest BCUT2D eigenvalue weighted by molar-refractivity contribution is 5.27. The van der Waals surface area contributed by atoms with Gasteiger partial charge < -0.3 is 9.84 Å². The summed E-state index contributed by atoms with van der Waals surface area (Å²) in [4.78, 5) is 4.11. The number of hydrogen-bond donors (Lipinski definition) is 1. The average molecular weight is 201 g/mol. The lowest BCUT2D eigenvalue weighted by Crippen LogP contribution is -1.92. The van der Waals surface area contributed by atoms with Gasteiger partial charge >= 0.3 is 0 Å². The molecular weight excluding hydrogens is 190 g/mol. The summed E-state index contributed by atoms with van der Waals surface area (Å²) in [6.07, 6.45) is 0. The van der Waals surface area contributed by atoms with Crippen molar-refractivity contribution in [1.29, 1.82) is 0 Å². The molecule has 0 aliphatic heterocycles. The van der Waals surface area contributed by atoms with Crippen molar-refractivity contribution in [3.05, 3.63) is 54.2 Å². The fourth-order valence-electron chi connectivity index (χ4n) is 1.21. The maximum Gasteiger partial charge on any atom is 0.219 e. The van der Waals surface area contributed by atoms with E-state index in [1.807, 2.05) is 30.3 Å². The SMILES string of the molecule is OCc1cccc(Oc2ccccc2)n1. The van der Waals surface area contributed by atoms with Crippen LogP contribution in [0.5, 0.6) is 11.6 Å². The monoisotopic (exact) mass is 201 g/mol. The third-order valence-corrected chi connectivity index (χ3v) is 1.91. The Morgan fingerprint density at radius 3 is 2.53 bits per heavy atom. The van der Waals surface area contributed by atoms with Gasteiger partial charge in [0.2, 0.25) is 5.88 Å². The van der Waals surface area contributed by atoms with Gasteiger partial charge in [-0.1, -0.05) is 24.3 Å². The summed E-state index contributed by atoms with van der Waals surface area (Å²) in [5.74, 6) is 1.23. The Kier molecular flexibility index (Phi) is 2.95. The topological polar surface area (TPSA) is 42.4 Å². The number of aromatic nitrogens is 1. The van der Waals surface area contributed by atoms with Crippen LogP contribution in [0.25, 0.3) is 0 Å². The predicted molar refractivity (Wildman–Crippen MR) is 56.7 cm³/mol. The van der Waals surface area contributed by atoms with Gasteiger partial charge in [0.15, 0.2) is 0 Å². The predicted octanol–water partition coefficient (Wildman–Crippen LogP) is 2.37. The van der Waals surface area contributed by atoms with E-state index in [0.29, 0.717) is 11.6 Å². The number of aliphatic hydroxyl groups excluding tert-OH is 1. The number of ether oxygens (including phenoxy) is 1. The molecule has 1 N–H and O–H groups in total. The number of pyridine rings is 1. The fourth-order valence-corrected chi connectivity index (χ4v) is 1.21. The molecule has 0 saturated heterocycles. The lowest BCUT2D eigenvalue weighted by atomic mass is 10.3. The van der Waals surface area contributed by atoms with E-state index in [4.69, 9.17) is 9.84 Å². The van der Waals surface area contributed by atoms with Gasteiger partial charge in [0.25, 0.3) is 0 Å². The molecular formula is C12H11NO2. The Labute approximate surface area is 88.0 Å². The van der Waals surface area contributed by atoms with Crippen LogP contribution in [0, 0.1) is 0 Å². The summed E-state index contributed by atoms with van der Waals surface area (Å²) in [6.45, 7) is -0.0774. The Balaban J connectivity index is 2.17. The molecule has 0 saturated carbocycles. The zero-order chi connectivity index (χ0) is 10.5. The van der Waals surface area contributed by atoms with Gasteiger partial charge in [0.1, 0.15) is 5.75 Å². The van der Waals surface area contributed by atoms with Crippen molar-refractivity contribution >= 4 is 0 Å². The van der Waals surface area contributed by atoms with Crippen LogP contribution in [0.3, 0.4) is 0 Å². The number of rotatable bonds is 3. The lowest BCUT2D eigenvalue weighted by Gasteiger charge is -2.04. The first-order chi connectivity index (χ1) is 7.38. The number of para-hydroxylation sites is 1. The van der Waals surface area contributed by atoms with Crippen molar-refractivity contribution < 1.29 is 9.84 Å². The van der Waals surface area contributed by atoms with Crippen molar-refractivity contribution in [1.82, 2.24) is 4.98 Å². The van der Waals surface area contributed by atoms with Crippen molar-refractivity contribution in [3.63, 3.8) is 0 Å². The molecule has 1 heterocycles. The van der Waals surface area contributed by atoms with Crippen molar-refractivity contribution in [2.45, 2.75) is 6.61 Å². The van der Waals surface area contributed by atoms with Crippen LogP contribution < -0.4 is 4.74 Å². The second-order valence-electron chi connectivity index (χ2n) is 3.04. The van der Waals surface area contributed by atoms with E-state index < -0.39 is 0 Å². The second-order valence-corrected chi connectivity index (χ2v) is 3.04. The lowest BCUT2D eigenvalue weighted by molar-refractivity contribution is 0.275. The van der Waals surface area contributed by atoms with Crippen molar-refractivity contribution in [3.8, 4) is 11.6 Å². The largest absolute Gasteiger partial charge is 0.439 e. The number of nitrogens with zero attached hydrogens (tertiary/aromatic N) is 1. The third kappa shape index (κ3) is 2.54. The van der Waals surface area contributed by atoms with Crippen LogP contribution in [-0.2, 0) is 6.61 Å². The zero-order valence-corrected chi connectivity index (χ0v) is 8.13. The molecule has 0 bridgehead atoms. The molecule has 0 atom stereocenters. The molecule has 15 heavy (non-hydrogen) atoms. The number of aliphatic hydroxyl groups is 1. The normalized spacial score (nSPS) is 9.93. The minimum Gasteiger partial charge on any atom is -0.439 e. The van der Waals surface area contributed by atoms with E-state index >= 15 is 0 Å². The van der Waals surface area contributed by atoms with Crippen LogP contribution >= 0.6 is 0 Å². The fraction of sp³-hybridized carbons (Fsp3) is 0.0833. The molecule has 1 aromatic carbocycles. The van der Waals surface area contributed by atoms with E-state index in [0.717, 1.165) is 5.75 Å². The molecule has 3 nitrogen and oxygen atoms in total. The van der Waals surface area contributed by atoms with Gasteiger partial charge in [0.05, 0.1) is 12.3 Å². The summed E-state index contributed by atoms with van der Waals surface area (Å²) in [6, 6.07) is 14.7. The highest BCUT2D eigenvalue weighted by Crippen LogP contribution is 2.18. The van der Waals surface area contributed by atoms with Gasteiger partial charge in [-0.2, -0.15) is 0 Å². The van der Waals surface area contributed by atoms with Crippen LogP contribution in [0.15, 0.2) is 48.5 Å². The van der Waals surface area contributed by atoms with Gasteiger partial charge in [-0.3, -0.25) is 0 Å². The van der Waals surface area contributed by atoms with Crippen molar-refractivity contribution in [2.24, 2.45) is 0 Å². The Morgan fingerprint density at radius 2 is 1.80 bits per heavy atom. The third-order valence-electron chi connectivity index (χ3n) is 1.91. The molecule has 0 fully saturated rings. The molecule has 0 spiro atoms. The molecule has 1 aromatic heterocycles.